The van der Waals surface area contributed by atoms with Crippen LogP contribution in [0.15, 0.2) is 36.4 Å². The average molecular weight is 295 g/mol. The molecule has 1 fully saturated rings. The summed E-state index contributed by atoms with van der Waals surface area (Å²) < 4.78 is 8.02. The van der Waals surface area contributed by atoms with Gasteiger partial charge in [-0.25, -0.2) is 0 Å². The molecule has 22 heavy (non-hydrogen) atoms. The van der Waals surface area contributed by atoms with E-state index in [1.807, 2.05) is 0 Å². The average Bonchev–Trinajstić information content (AvgIpc) is 3.31. The van der Waals surface area contributed by atoms with Gasteiger partial charge in [0.2, 0.25) is 0 Å². The minimum absolute atomic E-state index is 0.144. The molecule has 1 aromatic heterocycles. The first kappa shape index (κ1) is 15.1. The normalized spacial score (nSPS) is 18.8. The molecule has 0 aliphatic carbocycles. The van der Waals surface area contributed by atoms with Crippen molar-refractivity contribution in [2.24, 2.45) is 5.41 Å². The number of rotatable bonds is 5. The molecule has 3 rings (SSSR count). The molecule has 0 amide bonds. The van der Waals surface area contributed by atoms with E-state index < -0.39 is 0 Å². The van der Waals surface area contributed by atoms with Crippen molar-refractivity contribution in [2.45, 2.75) is 40.3 Å². The van der Waals surface area contributed by atoms with E-state index in [4.69, 9.17) is 4.74 Å². The highest BCUT2D eigenvalue weighted by atomic mass is 16.6. The van der Waals surface area contributed by atoms with E-state index in [2.05, 4.69) is 80.8 Å². The van der Waals surface area contributed by atoms with Gasteiger partial charge in [0.15, 0.2) is 0 Å². The lowest BCUT2D eigenvalue weighted by molar-refractivity contribution is 0.214. The van der Waals surface area contributed by atoms with Gasteiger partial charge in [-0.15, -0.1) is 0 Å². The van der Waals surface area contributed by atoms with Crippen molar-refractivity contribution >= 4 is 23.1 Å². The van der Waals surface area contributed by atoms with E-state index in [0.717, 1.165) is 13.2 Å². The Balaban J connectivity index is 2.20. The van der Waals surface area contributed by atoms with E-state index in [0.29, 0.717) is 6.10 Å². The van der Waals surface area contributed by atoms with Crippen molar-refractivity contribution in [2.75, 3.05) is 6.61 Å². The number of benzene rings is 1. The predicted molar refractivity (Wildman–Crippen MR) is 94.9 cm³/mol. The van der Waals surface area contributed by atoms with Crippen molar-refractivity contribution < 1.29 is 4.74 Å². The third-order valence-electron chi connectivity index (χ3n) is 4.48. The second-order valence-electron chi connectivity index (χ2n) is 6.71. The third kappa shape index (κ3) is 2.64. The summed E-state index contributed by atoms with van der Waals surface area (Å²) in [5.74, 6) is 0. The van der Waals surface area contributed by atoms with Crippen molar-refractivity contribution in [3.05, 3.63) is 47.7 Å². The van der Waals surface area contributed by atoms with Gasteiger partial charge in [0, 0.05) is 34.1 Å². The molecule has 2 heteroatoms. The molecular formula is C20H25NO. The molecule has 2 aromatic rings. The summed E-state index contributed by atoms with van der Waals surface area (Å²) in [6, 6.07) is 8.68. The molecule has 0 radical (unpaired) electrons. The summed E-state index contributed by atoms with van der Waals surface area (Å²) in [6.07, 6.45) is 9.07. The van der Waals surface area contributed by atoms with Crippen molar-refractivity contribution in [3.8, 4) is 0 Å². The van der Waals surface area contributed by atoms with Crippen LogP contribution >= 0.6 is 0 Å². The number of aromatic nitrogens is 1. The van der Waals surface area contributed by atoms with Gasteiger partial charge in [0.05, 0.1) is 12.7 Å². The lowest BCUT2D eigenvalue weighted by atomic mass is 9.89. The molecule has 1 atom stereocenters. The summed E-state index contributed by atoms with van der Waals surface area (Å²) in [7, 11) is 0. The Kier molecular flexibility index (Phi) is 3.96. The van der Waals surface area contributed by atoms with Crippen LogP contribution < -0.4 is 0 Å². The number of para-hydroxylation sites is 1. The third-order valence-corrected chi connectivity index (χ3v) is 4.48. The zero-order valence-corrected chi connectivity index (χ0v) is 14.0. The largest absolute Gasteiger partial charge is 0.372 e. The Hall–Kier alpha value is -1.80. The zero-order valence-electron chi connectivity index (χ0n) is 14.0. The van der Waals surface area contributed by atoms with Crippen LogP contribution in [0.5, 0.6) is 0 Å². The molecule has 1 aliphatic rings. The maximum atomic E-state index is 5.57. The van der Waals surface area contributed by atoms with Gasteiger partial charge >= 0.3 is 0 Å². The molecule has 0 spiro atoms. The van der Waals surface area contributed by atoms with E-state index in [9.17, 15) is 0 Å². The zero-order chi connectivity index (χ0) is 15.7. The highest BCUT2D eigenvalue weighted by Gasteiger charge is 2.40. The Morgan fingerprint density at radius 3 is 2.50 bits per heavy atom. The van der Waals surface area contributed by atoms with E-state index in [1.54, 1.807) is 0 Å². The Morgan fingerprint density at radius 2 is 1.86 bits per heavy atom. The first-order valence-corrected chi connectivity index (χ1v) is 8.06. The van der Waals surface area contributed by atoms with Gasteiger partial charge in [0.1, 0.15) is 0 Å². The van der Waals surface area contributed by atoms with Crippen LogP contribution in [0, 0.1) is 5.41 Å². The van der Waals surface area contributed by atoms with Crippen molar-refractivity contribution in [3.63, 3.8) is 0 Å². The predicted octanol–water partition coefficient (Wildman–Crippen LogP) is 5.13. The number of ether oxygens (including phenoxy) is 1. The standard InChI is InChI=1S/C20H25NO/c1-5-9-15-16-11-7-8-12-18(16)21(17(15)10-6-2)14-20(3,4)19-13-22-19/h5-12,19H,13-14H2,1-4H3/b9-5-,10-6-. The summed E-state index contributed by atoms with van der Waals surface area (Å²) in [5.41, 5.74) is 4.04. The molecule has 116 valence electrons. The molecule has 1 saturated heterocycles. The minimum atomic E-state index is 0.144. The van der Waals surface area contributed by atoms with Gasteiger partial charge in [-0.1, -0.05) is 50.3 Å². The van der Waals surface area contributed by atoms with Gasteiger partial charge in [0.25, 0.3) is 0 Å². The Labute approximate surface area is 133 Å². The number of allylic oxidation sites excluding steroid dienone is 2. The highest BCUT2D eigenvalue weighted by Crippen LogP contribution is 2.37. The summed E-state index contributed by atoms with van der Waals surface area (Å²) in [6.45, 7) is 10.6. The lowest BCUT2D eigenvalue weighted by Gasteiger charge is -2.24. The highest BCUT2D eigenvalue weighted by molar-refractivity contribution is 5.94. The van der Waals surface area contributed by atoms with Gasteiger partial charge < -0.3 is 9.30 Å². The maximum absolute atomic E-state index is 5.57. The fraction of sp³-hybridized carbons (Fsp3) is 0.400. The number of hydrogen-bond acceptors (Lipinski definition) is 1. The van der Waals surface area contributed by atoms with Gasteiger partial charge in [-0.05, 0) is 26.0 Å². The van der Waals surface area contributed by atoms with E-state index in [1.165, 1.54) is 22.2 Å². The minimum Gasteiger partial charge on any atom is -0.372 e. The summed E-state index contributed by atoms with van der Waals surface area (Å²) in [4.78, 5) is 0. The van der Waals surface area contributed by atoms with Crippen LogP contribution in [-0.2, 0) is 11.3 Å². The molecule has 0 N–H and O–H groups in total. The van der Waals surface area contributed by atoms with Crippen LogP contribution in [0.1, 0.15) is 39.0 Å². The molecule has 1 unspecified atom stereocenters. The summed E-state index contributed by atoms with van der Waals surface area (Å²) >= 11 is 0. The van der Waals surface area contributed by atoms with Gasteiger partial charge in [-0.3, -0.25) is 0 Å². The topological polar surface area (TPSA) is 17.5 Å². The smallest absolute Gasteiger partial charge is 0.0877 e. The summed E-state index contributed by atoms with van der Waals surface area (Å²) in [5, 5.41) is 1.32. The quantitative estimate of drug-likeness (QED) is 0.699. The number of fused-ring (bicyclic) bond motifs is 1. The van der Waals surface area contributed by atoms with Crippen LogP contribution in [-0.4, -0.2) is 17.3 Å². The second-order valence-corrected chi connectivity index (χ2v) is 6.71. The van der Waals surface area contributed by atoms with Crippen LogP contribution in [0.25, 0.3) is 23.1 Å². The lowest BCUT2D eigenvalue weighted by Crippen LogP contribution is -2.26. The number of nitrogens with zero attached hydrogens (tertiary/aromatic N) is 1. The Bertz CT molecular complexity index is 729. The molecule has 2 nitrogen and oxygen atoms in total. The molecular weight excluding hydrogens is 270 g/mol. The SMILES string of the molecule is C/C=C\c1c(/C=C\C)n(CC(C)(C)C2CO2)c2ccccc12. The fourth-order valence-corrected chi connectivity index (χ4v) is 3.21. The molecule has 1 aliphatic heterocycles. The first-order valence-electron chi connectivity index (χ1n) is 8.06. The second kappa shape index (κ2) is 5.77. The van der Waals surface area contributed by atoms with E-state index in [-0.39, 0.29) is 5.41 Å². The number of hydrogen-bond donors (Lipinski definition) is 0. The molecule has 0 saturated carbocycles. The first-order chi connectivity index (χ1) is 10.6. The monoisotopic (exact) mass is 295 g/mol. The van der Waals surface area contributed by atoms with E-state index >= 15 is 0 Å². The molecule has 0 bridgehead atoms. The van der Waals surface area contributed by atoms with Crippen LogP contribution in [0.4, 0.5) is 0 Å². The van der Waals surface area contributed by atoms with Crippen LogP contribution in [0.2, 0.25) is 0 Å². The number of epoxide rings is 1. The van der Waals surface area contributed by atoms with Crippen molar-refractivity contribution in [1.29, 1.82) is 0 Å². The maximum Gasteiger partial charge on any atom is 0.0877 e. The molecule has 1 aromatic carbocycles. The van der Waals surface area contributed by atoms with Gasteiger partial charge in [-0.2, -0.15) is 0 Å². The van der Waals surface area contributed by atoms with Crippen molar-refractivity contribution in [1.82, 2.24) is 4.57 Å². The molecule has 2 heterocycles. The Morgan fingerprint density at radius 1 is 1.18 bits per heavy atom. The fourth-order valence-electron chi connectivity index (χ4n) is 3.21. The van der Waals surface area contributed by atoms with Crippen LogP contribution in [0.3, 0.4) is 0 Å².